The fourth-order valence-corrected chi connectivity index (χ4v) is 12.2. The van der Waals surface area contributed by atoms with Crippen molar-refractivity contribution in [3.63, 3.8) is 0 Å². The van der Waals surface area contributed by atoms with Crippen LogP contribution in [-0.2, 0) is 65.4 Å². The lowest BCUT2D eigenvalue weighted by molar-refractivity contribution is -0.161. The third kappa shape index (κ3) is 81.9. The summed E-state index contributed by atoms with van der Waals surface area (Å²) in [6.45, 7) is 4.44. The molecule has 0 heterocycles. The van der Waals surface area contributed by atoms with Crippen LogP contribution in [0.5, 0.6) is 0 Å². The predicted molar refractivity (Wildman–Crippen MR) is 463 cm³/mol. The average molecular weight is 1600 g/mol. The van der Waals surface area contributed by atoms with Crippen molar-refractivity contribution in [2.24, 2.45) is 0 Å². The van der Waals surface area contributed by atoms with Gasteiger partial charge >= 0.3 is 39.5 Å². The number of phosphoric acid groups is 2. The second-order valence-electron chi connectivity index (χ2n) is 27.6. The quantitative estimate of drug-likeness (QED) is 0.0169. The Morgan fingerprint density at radius 3 is 0.804 bits per heavy atom. The first-order valence-corrected chi connectivity index (χ1v) is 45.7. The number of carbonyl (C=O) groups excluding carboxylic acids is 4. The van der Waals surface area contributed by atoms with E-state index in [4.69, 9.17) is 37.0 Å². The van der Waals surface area contributed by atoms with Gasteiger partial charge in [-0.2, -0.15) is 0 Å². The summed E-state index contributed by atoms with van der Waals surface area (Å²) < 4.78 is 68.7. The van der Waals surface area contributed by atoms with Gasteiger partial charge in [-0.15, -0.1) is 0 Å². The van der Waals surface area contributed by atoms with Crippen LogP contribution in [0.1, 0.15) is 310 Å². The molecule has 0 saturated carbocycles. The van der Waals surface area contributed by atoms with E-state index < -0.39 is 97.5 Å². The molecular formula is C93H150O17P2. The van der Waals surface area contributed by atoms with Gasteiger partial charge in [-0.1, -0.05) is 299 Å². The normalized spacial score (nSPS) is 14.7. The third-order valence-corrected chi connectivity index (χ3v) is 18.9. The van der Waals surface area contributed by atoms with Crippen molar-refractivity contribution < 1.29 is 80.2 Å². The number of hydrogen-bond donors (Lipinski definition) is 3. The van der Waals surface area contributed by atoms with Gasteiger partial charge in [0.15, 0.2) is 12.2 Å². The standard InChI is InChI=1S/C93H150O17P2/c1-5-9-13-17-21-25-29-33-37-40-43-46-50-54-58-62-66-70-74-78-91(96)104-84-89(110-93(98)80-76-72-68-64-60-56-52-48-45-42-39-35-31-27-23-19-15-11-7-3)86-108-112(101,102)106-82-87(94)81-105-111(99,100)107-85-88(83-103-90(95)77-73-69-65-61-57-53-49-36-32-28-24-20-16-12-8-4)109-92(97)79-75-71-67-63-59-55-51-47-44-41-38-34-30-26-22-18-14-10-6-2/h9,11,13,15,21-23,25-28,32-35,37-39,43-48,54-56,58-60,67,71,87-89,94H,5-8,10,12,14,16-20,24,29-31,36,40-42,49-53,57,61-66,68-70,72-86H2,1-4H3,(H,99,100)(H,101,102)/b13-9-,15-11-,25-21-,26-22-,27-23-,32-28-,37-33-,38-34-,39-35-,46-43-,47-44-,48-45-,58-54-,59-55-,60-56-,71-67-/t87-,88+,89+/m0/s1. The van der Waals surface area contributed by atoms with Crippen molar-refractivity contribution in [3.8, 4) is 0 Å². The Labute approximate surface area is 678 Å². The van der Waals surface area contributed by atoms with Gasteiger partial charge in [0, 0.05) is 25.7 Å². The SMILES string of the molecule is CC/C=C\C/C=C\C/C=C\C/C=C\C/C=C\CCCCCC(=O)OC[C@H](COP(=O)(O)OC[C@@H](O)COP(=O)(O)OC[C@@H](COC(=O)CCCCCCCCC/C=C\CCCCCC)OC(=O)CC/C=C\C/C=C\C/C=C\C/C=C\C/C=C\CCCCC)OC(=O)CCCCC/C=C\C/C=C\C/C=C\C/C=C\C/C=C\CC. The molecule has 17 nitrogen and oxygen atoms in total. The summed E-state index contributed by atoms with van der Waals surface area (Å²) in [4.78, 5) is 73.2. The number of esters is 4. The summed E-state index contributed by atoms with van der Waals surface area (Å²) in [5.74, 6) is -2.36. The van der Waals surface area contributed by atoms with Crippen LogP contribution in [0.25, 0.3) is 0 Å². The molecule has 0 aliphatic carbocycles. The van der Waals surface area contributed by atoms with Gasteiger partial charge in [0.05, 0.1) is 26.4 Å². The molecule has 0 aromatic carbocycles. The van der Waals surface area contributed by atoms with E-state index >= 15 is 0 Å². The van der Waals surface area contributed by atoms with Crippen LogP contribution >= 0.6 is 15.6 Å². The molecule has 0 aromatic heterocycles. The molecule has 634 valence electrons. The predicted octanol–water partition coefficient (Wildman–Crippen LogP) is 25.7. The summed E-state index contributed by atoms with van der Waals surface area (Å²) in [6, 6.07) is 0. The Hall–Kier alpha value is -6.10. The molecule has 0 saturated heterocycles. The van der Waals surface area contributed by atoms with Gasteiger partial charge in [-0.25, -0.2) is 9.13 Å². The van der Waals surface area contributed by atoms with E-state index in [9.17, 15) is 43.2 Å². The van der Waals surface area contributed by atoms with Crippen molar-refractivity contribution >= 4 is 39.5 Å². The number of aliphatic hydroxyl groups excluding tert-OH is 1. The van der Waals surface area contributed by atoms with E-state index in [1.54, 1.807) is 0 Å². The summed E-state index contributed by atoms with van der Waals surface area (Å²) in [5.41, 5.74) is 0. The van der Waals surface area contributed by atoms with Gasteiger partial charge in [0.1, 0.15) is 19.3 Å². The molecule has 0 fully saturated rings. The number of carbonyl (C=O) groups is 4. The maximum absolute atomic E-state index is 13.1. The maximum Gasteiger partial charge on any atom is 0.472 e. The highest BCUT2D eigenvalue weighted by Crippen LogP contribution is 2.45. The molecule has 0 aliphatic heterocycles. The van der Waals surface area contributed by atoms with Crippen LogP contribution in [-0.4, -0.2) is 96.7 Å². The van der Waals surface area contributed by atoms with Crippen molar-refractivity contribution in [1.82, 2.24) is 0 Å². The number of rotatable bonds is 78. The molecule has 0 spiro atoms. The van der Waals surface area contributed by atoms with E-state index in [0.717, 1.165) is 180 Å². The molecule has 0 radical (unpaired) electrons. The van der Waals surface area contributed by atoms with Crippen molar-refractivity contribution in [3.05, 3.63) is 194 Å². The largest absolute Gasteiger partial charge is 0.472 e. The van der Waals surface area contributed by atoms with E-state index in [-0.39, 0.29) is 25.7 Å². The van der Waals surface area contributed by atoms with E-state index in [0.29, 0.717) is 32.1 Å². The van der Waals surface area contributed by atoms with Crippen LogP contribution in [0.3, 0.4) is 0 Å². The minimum absolute atomic E-state index is 0.0369. The van der Waals surface area contributed by atoms with Gasteiger partial charge in [-0.3, -0.25) is 37.3 Å². The fraction of sp³-hybridized carbons (Fsp3) is 0.613. The summed E-state index contributed by atoms with van der Waals surface area (Å²) in [5, 5.41) is 10.7. The number of phosphoric ester groups is 2. The molecule has 3 N–H and O–H groups in total. The van der Waals surface area contributed by atoms with Gasteiger partial charge in [0.25, 0.3) is 0 Å². The molecule has 0 aromatic rings. The highest BCUT2D eigenvalue weighted by atomic mass is 31.2. The Bertz CT molecular complexity index is 2890. The molecule has 112 heavy (non-hydrogen) atoms. The Morgan fingerprint density at radius 2 is 0.482 bits per heavy atom. The maximum atomic E-state index is 13.1. The van der Waals surface area contributed by atoms with Crippen LogP contribution in [0.4, 0.5) is 0 Å². The monoisotopic (exact) mass is 1600 g/mol. The molecule has 0 bridgehead atoms. The molecule has 19 heteroatoms. The summed E-state index contributed by atoms with van der Waals surface area (Å²) in [6.07, 6.45) is 103. The molecule has 5 atom stereocenters. The first kappa shape index (κ1) is 106. The number of hydrogen-bond acceptors (Lipinski definition) is 15. The number of unbranched alkanes of at least 4 members (excludes halogenated alkanes) is 20. The first-order chi connectivity index (χ1) is 54.7. The minimum Gasteiger partial charge on any atom is -0.462 e. The Kier molecular flexibility index (Phi) is 78.4. The van der Waals surface area contributed by atoms with Gasteiger partial charge in [0.2, 0.25) is 0 Å². The molecule has 0 amide bonds. The smallest absolute Gasteiger partial charge is 0.462 e. The van der Waals surface area contributed by atoms with Crippen LogP contribution in [0, 0.1) is 0 Å². The number of ether oxygens (including phenoxy) is 4. The minimum atomic E-state index is -5.02. The zero-order chi connectivity index (χ0) is 81.7. The Morgan fingerprint density at radius 1 is 0.259 bits per heavy atom. The number of aliphatic hydroxyl groups is 1. The summed E-state index contributed by atoms with van der Waals surface area (Å²) in [7, 11) is -10.0. The van der Waals surface area contributed by atoms with Crippen LogP contribution in [0.15, 0.2) is 194 Å². The first-order valence-electron chi connectivity index (χ1n) is 42.7. The topological polar surface area (TPSA) is 237 Å². The van der Waals surface area contributed by atoms with Crippen molar-refractivity contribution in [2.75, 3.05) is 39.6 Å². The fourth-order valence-electron chi connectivity index (χ4n) is 10.6. The summed E-state index contributed by atoms with van der Waals surface area (Å²) >= 11 is 0. The highest BCUT2D eigenvalue weighted by Gasteiger charge is 2.30. The lowest BCUT2D eigenvalue weighted by atomic mass is 10.1. The van der Waals surface area contributed by atoms with Crippen LogP contribution < -0.4 is 0 Å². The van der Waals surface area contributed by atoms with E-state index in [2.05, 4.69) is 204 Å². The average Bonchev–Trinajstić information content (AvgIpc) is 0.908. The molecule has 0 aliphatic rings. The lowest BCUT2D eigenvalue weighted by Crippen LogP contribution is -2.30. The number of allylic oxidation sites excluding steroid dienone is 32. The van der Waals surface area contributed by atoms with Crippen molar-refractivity contribution in [1.29, 1.82) is 0 Å². The zero-order valence-corrected chi connectivity index (χ0v) is 71.3. The lowest BCUT2D eigenvalue weighted by Gasteiger charge is -2.21. The second kappa shape index (κ2) is 82.9. The van der Waals surface area contributed by atoms with E-state index in [1.165, 1.54) is 44.9 Å². The molecular weight excluding hydrogens is 1450 g/mol. The second-order valence-corrected chi connectivity index (χ2v) is 30.6. The molecule has 2 unspecified atom stereocenters. The van der Waals surface area contributed by atoms with Crippen LogP contribution in [0.2, 0.25) is 0 Å². The highest BCUT2D eigenvalue weighted by molar-refractivity contribution is 7.47. The van der Waals surface area contributed by atoms with E-state index in [1.807, 2.05) is 18.2 Å². The zero-order valence-electron chi connectivity index (χ0n) is 69.5. The third-order valence-electron chi connectivity index (χ3n) is 17.0. The van der Waals surface area contributed by atoms with Gasteiger partial charge < -0.3 is 33.8 Å². The molecule has 0 rings (SSSR count). The Balaban J connectivity index is 5.55. The van der Waals surface area contributed by atoms with Gasteiger partial charge in [-0.05, 0) is 180 Å². The van der Waals surface area contributed by atoms with Crippen molar-refractivity contribution in [2.45, 2.75) is 329 Å².